The minimum absolute atomic E-state index is 0.300. The molecule has 6 nitrogen and oxygen atoms in total. The number of alkyl halides is 3. The van der Waals surface area contributed by atoms with Crippen LogP contribution in [0.5, 0.6) is 0 Å². The summed E-state index contributed by atoms with van der Waals surface area (Å²) in [6.07, 6.45) is 0. The molecule has 1 aromatic rings. The van der Waals surface area contributed by atoms with Gasteiger partial charge in [0.15, 0.2) is 0 Å². The Kier molecular flexibility index (Phi) is 3.96. The number of nitrogens with one attached hydrogen (secondary N) is 1. The van der Waals surface area contributed by atoms with Crippen LogP contribution in [0.4, 0.5) is 13.2 Å². The zero-order chi connectivity index (χ0) is 14.8. The van der Waals surface area contributed by atoms with E-state index in [2.05, 4.69) is 5.32 Å². The zero-order valence-corrected chi connectivity index (χ0v) is 9.71. The summed E-state index contributed by atoms with van der Waals surface area (Å²) >= 11 is 0. The first-order chi connectivity index (χ1) is 8.54. The Morgan fingerprint density at radius 2 is 1.26 bits per heavy atom. The van der Waals surface area contributed by atoms with Crippen molar-refractivity contribution in [1.29, 1.82) is 0 Å². The van der Waals surface area contributed by atoms with Crippen LogP contribution in [-0.4, -0.2) is 25.7 Å². The molecule has 0 atom stereocenters. The maximum Gasteiger partial charge on any atom is 0.525 e. The predicted octanol–water partition coefficient (Wildman–Crippen LogP) is 0.837. The van der Waals surface area contributed by atoms with Crippen LogP contribution in [0.15, 0.2) is 24.3 Å². The molecule has 0 saturated heterocycles. The zero-order valence-electron chi connectivity index (χ0n) is 8.89. The fourth-order valence-electron chi connectivity index (χ4n) is 1.12. The van der Waals surface area contributed by atoms with Crippen LogP contribution < -0.4 is 5.32 Å². The number of carbonyl (C=O) groups is 2. The first-order valence-corrected chi connectivity index (χ1v) is 5.91. The van der Waals surface area contributed by atoms with E-state index in [0.29, 0.717) is 11.1 Å². The molecule has 2 rings (SSSR count). The van der Waals surface area contributed by atoms with Crippen LogP contribution in [-0.2, 0) is 14.7 Å². The van der Waals surface area contributed by atoms with Crippen molar-refractivity contribution < 1.29 is 35.7 Å². The number of benzene rings is 1. The van der Waals surface area contributed by atoms with Gasteiger partial charge in [-0.25, -0.2) is 0 Å². The van der Waals surface area contributed by atoms with Gasteiger partial charge in [0.25, 0.3) is 11.8 Å². The second-order valence-electron chi connectivity index (χ2n) is 3.23. The molecule has 1 N–H and O–H groups in total. The van der Waals surface area contributed by atoms with E-state index in [1.165, 1.54) is 0 Å². The predicted molar refractivity (Wildman–Crippen MR) is 53.9 cm³/mol. The summed E-state index contributed by atoms with van der Waals surface area (Å²) in [5, 5.41) is 2.20. The number of fused-ring (bicyclic) bond motifs is 1. The van der Waals surface area contributed by atoms with Crippen molar-refractivity contribution in [3.63, 3.8) is 0 Å². The highest BCUT2D eigenvalue weighted by atomic mass is 32.2. The minimum atomic E-state index is -6.09. The summed E-state index contributed by atoms with van der Waals surface area (Å²) in [5.41, 5.74) is -4.71. The number of hydrogen-bond donors (Lipinski definition) is 1. The lowest BCUT2D eigenvalue weighted by Gasteiger charge is -1.95. The van der Waals surface area contributed by atoms with E-state index >= 15 is 0 Å². The molecular formula is C9H5F3NO5S. The molecule has 0 spiro atoms. The second-order valence-corrected chi connectivity index (χ2v) is 4.60. The van der Waals surface area contributed by atoms with Gasteiger partial charge in [-0.1, -0.05) is 16.7 Å². The molecule has 2 amide bonds. The monoisotopic (exact) mass is 296 g/mol. The molecule has 1 heterocycles. The smallest absolute Gasteiger partial charge is 0.288 e. The molecule has 1 aliphatic heterocycles. The van der Waals surface area contributed by atoms with Crippen LogP contribution >= 0.6 is 0 Å². The lowest BCUT2D eigenvalue weighted by Crippen LogP contribution is -2.20. The summed E-state index contributed by atoms with van der Waals surface area (Å²) in [7, 11) is -6.09. The van der Waals surface area contributed by atoms with Crippen LogP contribution in [0.25, 0.3) is 0 Å². The van der Waals surface area contributed by atoms with Crippen LogP contribution in [0, 0.1) is 0 Å². The molecule has 0 bridgehead atoms. The lowest BCUT2D eigenvalue weighted by molar-refractivity contribution is -0.0536. The van der Waals surface area contributed by atoms with E-state index in [1.807, 2.05) is 0 Å². The van der Waals surface area contributed by atoms with Crippen molar-refractivity contribution in [2.24, 2.45) is 0 Å². The second kappa shape index (κ2) is 4.97. The van der Waals surface area contributed by atoms with Crippen molar-refractivity contribution in [3.05, 3.63) is 35.4 Å². The molecule has 10 heteroatoms. The van der Waals surface area contributed by atoms with Gasteiger partial charge in [0.2, 0.25) is 0 Å². The molecule has 1 aliphatic rings. The Bertz CT molecular complexity index is 590. The fourth-order valence-corrected chi connectivity index (χ4v) is 1.12. The third kappa shape index (κ3) is 3.51. The first-order valence-electron chi connectivity index (χ1n) is 4.51. The van der Waals surface area contributed by atoms with Gasteiger partial charge in [0.05, 0.1) is 11.1 Å². The van der Waals surface area contributed by atoms with Gasteiger partial charge >= 0.3 is 15.6 Å². The maximum atomic E-state index is 10.9. The normalized spacial score (nSPS) is 14.3. The Morgan fingerprint density at radius 3 is 1.53 bits per heavy atom. The topological polar surface area (TPSA) is 100 Å². The molecule has 19 heavy (non-hydrogen) atoms. The third-order valence-corrected chi connectivity index (χ3v) is 2.49. The number of carbonyl (C=O) groups excluding carboxylic acids is 2. The first kappa shape index (κ1) is 15.1. The average molecular weight is 296 g/mol. The van der Waals surface area contributed by atoms with E-state index in [9.17, 15) is 22.8 Å². The number of hydrogen-bond acceptors (Lipinski definition) is 4. The van der Waals surface area contributed by atoms with E-state index < -0.39 is 15.6 Å². The Hall–Kier alpha value is -1.94. The Morgan fingerprint density at radius 1 is 0.947 bits per heavy atom. The molecule has 0 aromatic heterocycles. The van der Waals surface area contributed by atoms with Gasteiger partial charge in [0.1, 0.15) is 0 Å². The number of imide groups is 1. The summed E-state index contributed by atoms with van der Waals surface area (Å²) in [6, 6.07) is 6.74. The van der Waals surface area contributed by atoms with E-state index in [1.54, 1.807) is 24.3 Å². The maximum absolute atomic E-state index is 10.9. The molecule has 1 radical (unpaired) electrons. The quantitative estimate of drug-likeness (QED) is 0.566. The van der Waals surface area contributed by atoms with Gasteiger partial charge in [-0.3, -0.25) is 14.9 Å². The summed E-state index contributed by atoms with van der Waals surface area (Å²) in [6.45, 7) is 0. The third-order valence-electron chi connectivity index (χ3n) is 1.93. The van der Waals surface area contributed by atoms with Crippen molar-refractivity contribution >= 4 is 21.9 Å². The average Bonchev–Trinajstić information content (AvgIpc) is 2.54. The van der Waals surface area contributed by atoms with Gasteiger partial charge in [-0.2, -0.15) is 21.6 Å². The summed E-state index contributed by atoms with van der Waals surface area (Å²) in [4.78, 5) is 21.9. The fraction of sp³-hybridized carbons (Fsp3) is 0.111. The van der Waals surface area contributed by atoms with Crippen molar-refractivity contribution in [3.8, 4) is 0 Å². The van der Waals surface area contributed by atoms with Gasteiger partial charge < -0.3 is 0 Å². The molecule has 1 aromatic carbocycles. The molecule has 0 aliphatic carbocycles. The Labute approximate surface area is 105 Å². The largest absolute Gasteiger partial charge is 0.525 e. The van der Waals surface area contributed by atoms with Gasteiger partial charge in [-0.15, -0.1) is 0 Å². The highest BCUT2D eigenvalue weighted by molar-refractivity contribution is 7.86. The van der Waals surface area contributed by atoms with E-state index in [0.717, 1.165) is 0 Å². The standard InChI is InChI=1S/C8H5NO2.CF3O3S/c10-7-5-3-1-2-4-6(5)8(11)9-7;2-1(3,4)8(5,6)7/h1-4H,(H,9,10,11);. The lowest BCUT2D eigenvalue weighted by atomic mass is 10.1. The number of halogens is 3. The minimum Gasteiger partial charge on any atom is -0.288 e. The van der Waals surface area contributed by atoms with Gasteiger partial charge in [0, 0.05) is 0 Å². The van der Waals surface area contributed by atoms with Crippen molar-refractivity contribution in [1.82, 2.24) is 5.32 Å². The Balaban J connectivity index is 0.000000203. The van der Waals surface area contributed by atoms with Crippen molar-refractivity contribution in [2.75, 3.05) is 0 Å². The summed E-state index contributed by atoms with van der Waals surface area (Å²) < 4.78 is 58.9. The molecular weight excluding hydrogens is 291 g/mol. The number of rotatable bonds is 0. The molecule has 103 valence electrons. The highest BCUT2D eigenvalue weighted by Crippen LogP contribution is 2.21. The number of amides is 2. The molecule has 0 saturated carbocycles. The van der Waals surface area contributed by atoms with E-state index in [-0.39, 0.29) is 11.8 Å². The van der Waals surface area contributed by atoms with Gasteiger partial charge in [-0.05, 0) is 12.1 Å². The summed E-state index contributed by atoms with van der Waals surface area (Å²) in [5.74, 6) is -0.601. The van der Waals surface area contributed by atoms with Crippen LogP contribution in [0.2, 0.25) is 0 Å². The molecule has 0 unspecified atom stereocenters. The van der Waals surface area contributed by atoms with Crippen molar-refractivity contribution in [2.45, 2.75) is 5.51 Å². The highest BCUT2D eigenvalue weighted by Gasteiger charge is 2.46. The SMILES string of the molecule is O=C1NC(=O)c2ccccc21.[O]S(=O)(=O)C(F)(F)F. The molecule has 0 fully saturated rings. The van der Waals surface area contributed by atoms with Crippen LogP contribution in [0.3, 0.4) is 0 Å². The van der Waals surface area contributed by atoms with E-state index in [4.69, 9.17) is 13.0 Å². The van der Waals surface area contributed by atoms with Crippen LogP contribution in [0.1, 0.15) is 20.7 Å².